The number of phenols is 2. The number of carbonyl (C=O) groups excluding carboxylic acids is 1. The number of amides is 1. The Morgan fingerprint density at radius 1 is 1.10 bits per heavy atom. The first-order valence-corrected chi connectivity index (χ1v) is 7.61. The van der Waals surface area contributed by atoms with E-state index in [4.69, 9.17) is 0 Å². The maximum absolute atomic E-state index is 11.6. The molecule has 0 aliphatic rings. The molecular formula is C17H25NO3. The molecule has 1 aromatic carbocycles. The van der Waals surface area contributed by atoms with Crippen LogP contribution >= 0.6 is 0 Å². The number of rotatable bonds is 9. The largest absolute Gasteiger partial charge is 0.504 e. The molecule has 0 aromatic heterocycles. The third-order valence-corrected chi connectivity index (χ3v) is 3.26. The van der Waals surface area contributed by atoms with Crippen LogP contribution in [-0.4, -0.2) is 22.7 Å². The van der Waals surface area contributed by atoms with Crippen LogP contribution in [0.1, 0.15) is 51.0 Å². The summed E-state index contributed by atoms with van der Waals surface area (Å²) in [6.45, 7) is 2.89. The Balaban J connectivity index is 2.21. The van der Waals surface area contributed by atoms with E-state index < -0.39 is 0 Å². The van der Waals surface area contributed by atoms with E-state index in [1.54, 1.807) is 12.1 Å². The Morgan fingerprint density at radius 3 is 2.52 bits per heavy atom. The highest BCUT2D eigenvalue weighted by Gasteiger charge is 1.99. The molecule has 0 spiro atoms. The molecule has 21 heavy (non-hydrogen) atoms. The van der Waals surface area contributed by atoms with Crippen molar-refractivity contribution >= 4 is 12.0 Å². The molecule has 116 valence electrons. The Labute approximate surface area is 126 Å². The van der Waals surface area contributed by atoms with Gasteiger partial charge in [-0.05, 0) is 30.2 Å². The predicted molar refractivity (Wildman–Crippen MR) is 85.2 cm³/mol. The highest BCUT2D eigenvalue weighted by molar-refractivity contribution is 5.91. The third kappa shape index (κ3) is 7.40. The van der Waals surface area contributed by atoms with E-state index in [9.17, 15) is 15.0 Å². The molecule has 0 unspecified atom stereocenters. The van der Waals surface area contributed by atoms with Gasteiger partial charge in [0.25, 0.3) is 0 Å². The fourth-order valence-electron chi connectivity index (χ4n) is 1.99. The van der Waals surface area contributed by atoms with Gasteiger partial charge in [0, 0.05) is 12.6 Å². The normalized spacial score (nSPS) is 10.9. The van der Waals surface area contributed by atoms with Crippen molar-refractivity contribution in [3.63, 3.8) is 0 Å². The number of unbranched alkanes of at least 4 members (excludes halogenated alkanes) is 5. The molecule has 3 N–H and O–H groups in total. The van der Waals surface area contributed by atoms with Crippen LogP contribution in [0.5, 0.6) is 11.5 Å². The van der Waals surface area contributed by atoms with E-state index in [2.05, 4.69) is 12.2 Å². The summed E-state index contributed by atoms with van der Waals surface area (Å²) in [6.07, 6.45) is 10.2. The molecule has 0 atom stereocenters. The number of benzene rings is 1. The quantitative estimate of drug-likeness (QED) is 0.370. The van der Waals surface area contributed by atoms with Gasteiger partial charge in [-0.25, -0.2) is 0 Å². The molecule has 0 aliphatic heterocycles. The van der Waals surface area contributed by atoms with E-state index in [1.165, 1.54) is 43.9 Å². The van der Waals surface area contributed by atoms with Crippen LogP contribution in [-0.2, 0) is 4.79 Å². The Bertz CT molecular complexity index is 469. The van der Waals surface area contributed by atoms with Crippen molar-refractivity contribution in [2.45, 2.75) is 45.4 Å². The summed E-state index contributed by atoms with van der Waals surface area (Å²) < 4.78 is 0. The monoisotopic (exact) mass is 291 g/mol. The summed E-state index contributed by atoms with van der Waals surface area (Å²) in [7, 11) is 0. The van der Waals surface area contributed by atoms with Crippen molar-refractivity contribution in [1.29, 1.82) is 0 Å². The predicted octanol–water partition coefficient (Wildman–Crippen LogP) is 3.59. The lowest BCUT2D eigenvalue weighted by Crippen LogP contribution is -2.21. The number of hydrogen-bond donors (Lipinski definition) is 3. The fraction of sp³-hybridized carbons (Fsp3) is 0.471. The second-order valence-electron chi connectivity index (χ2n) is 5.14. The lowest BCUT2D eigenvalue weighted by molar-refractivity contribution is -0.116. The molecule has 0 radical (unpaired) electrons. The van der Waals surface area contributed by atoms with Crippen LogP contribution in [0.4, 0.5) is 0 Å². The van der Waals surface area contributed by atoms with Gasteiger partial charge in [-0.2, -0.15) is 0 Å². The van der Waals surface area contributed by atoms with Crippen molar-refractivity contribution in [1.82, 2.24) is 5.32 Å². The lowest BCUT2D eigenvalue weighted by Gasteiger charge is -2.02. The highest BCUT2D eigenvalue weighted by Crippen LogP contribution is 2.25. The Hall–Kier alpha value is -1.97. The second-order valence-corrected chi connectivity index (χ2v) is 5.14. The molecule has 0 saturated carbocycles. The van der Waals surface area contributed by atoms with Crippen molar-refractivity contribution in [2.24, 2.45) is 0 Å². The molecule has 1 amide bonds. The summed E-state index contributed by atoms with van der Waals surface area (Å²) in [5.74, 6) is -0.500. The first kappa shape index (κ1) is 17.1. The van der Waals surface area contributed by atoms with Gasteiger partial charge in [0.2, 0.25) is 5.91 Å². The molecule has 0 fully saturated rings. The van der Waals surface area contributed by atoms with E-state index in [0.29, 0.717) is 12.1 Å². The standard InChI is InChI=1S/C17H25NO3/c1-2-3-4-5-6-7-12-18-17(21)11-9-14-8-10-15(19)16(20)13-14/h8-11,13,19-20H,2-7,12H2,1H3,(H,18,21). The minimum atomic E-state index is -0.190. The van der Waals surface area contributed by atoms with Gasteiger partial charge < -0.3 is 15.5 Å². The summed E-state index contributed by atoms with van der Waals surface area (Å²) in [6, 6.07) is 4.43. The minimum absolute atomic E-state index is 0.142. The summed E-state index contributed by atoms with van der Waals surface area (Å²) in [5.41, 5.74) is 0.667. The van der Waals surface area contributed by atoms with Crippen LogP contribution in [0.15, 0.2) is 24.3 Å². The summed E-state index contributed by atoms with van der Waals surface area (Å²) in [4.78, 5) is 11.6. The van der Waals surface area contributed by atoms with Crippen molar-refractivity contribution < 1.29 is 15.0 Å². The fourth-order valence-corrected chi connectivity index (χ4v) is 1.99. The van der Waals surface area contributed by atoms with Crippen LogP contribution in [0.25, 0.3) is 6.08 Å². The maximum atomic E-state index is 11.6. The molecule has 0 bridgehead atoms. The van der Waals surface area contributed by atoms with Gasteiger partial charge >= 0.3 is 0 Å². The topological polar surface area (TPSA) is 69.6 Å². The van der Waals surface area contributed by atoms with Gasteiger partial charge in [-0.3, -0.25) is 4.79 Å². The molecule has 0 saturated heterocycles. The molecule has 1 rings (SSSR count). The van der Waals surface area contributed by atoms with Crippen molar-refractivity contribution in [2.75, 3.05) is 6.54 Å². The first-order valence-electron chi connectivity index (χ1n) is 7.61. The zero-order valence-corrected chi connectivity index (χ0v) is 12.6. The second kappa shape index (κ2) is 9.86. The minimum Gasteiger partial charge on any atom is -0.504 e. The molecule has 4 heteroatoms. The third-order valence-electron chi connectivity index (χ3n) is 3.26. The molecular weight excluding hydrogens is 266 g/mol. The molecule has 4 nitrogen and oxygen atoms in total. The van der Waals surface area contributed by atoms with Crippen molar-refractivity contribution in [3.8, 4) is 11.5 Å². The SMILES string of the molecule is CCCCCCCCNC(=O)C=Cc1ccc(O)c(O)c1. The zero-order valence-electron chi connectivity index (χ0n) is 12.6. The number of aromatic hydroxyl groups is 2. The maximum Gasteiger partial charge on any atom is 0.243 e. The van der Waals surface area contributed by atoms with Gasteiger partial charge in [-0.15, -0.1) is 0 Å². The molecule has 0 aliphatic carbocycles. The van der Waals surface area contributed by atoms with Crippen molar-refractivity contribution in [3.05, 3.63) is 29.8 Å². The number of phenolic OH excluding ortho intramolecular Hbond substituents is 2. The van der Waals surface area contributed by atoms with Crippen LogP contribution in [0.3, 0.4) is 0 Å². The first-order chi connectivity index (χ1) is 10.1. The van der Waals surface area contributed by atoms with E-state index >= 15 is 0 Å². The van der Waals surface area contributed by atoms with E-state index in [0.717, 1.165) is 12.8 Å². The van der Waals surface area contributed by atoms with Gasteiger partial charge in [0.05, 0.1) is 0 Å². The zero-order chi connectivity index (χ0) is 15.5. The Morgan fingerprint density at radius 2 is 1.81 bits per heavy atom. The van der Waals surface area contributed by atoms with Gasteiger partial charge in [0.15, 0.2) is 11.5 Å². The summed E-state index contributed by atoms with van der Waals surface area (Å²) in [5, 5.41) is 21.4. The number of nitrogens with one attached hydrogen (secondary N) is 1. The van der Waals surface area contributed by atoms with E-state index in [-0.39, 0.29) is 17.4 Å². The Kier molecular flexibility index (Phi) is 8.02. The summed E-state index contributed by atoms with van der Waals surface area (Å²) >= 11 is 0. The van der Waals surface area contributed by atoms with Gasteiger partial charge in [-0.1, -0.05) is 45.1 Å². The van der Waals surface area contributed by atoms with Gasteiger partial charge in [0.1, 0.15) is 0 Å². The van der Waals surface area contributed by atoms with E-state index in [1.807, 2.05) is 0 Å². The number of hydrogen-bond acceptors (Lipinski definition) is 3. The average Bonchev–Trinajstić information content (AvgIpc) is 2.47. The van der Waals surface area contributed by atoms with Crippen LogP contribution < -0.4 is 5.32 Å². The average molecular weight is 291 g/mol. The van der Waals surface area contributed by atoms with Crippen LogP contribution in [0, 0.1) is 0 Å². The van der Waals surface area contributed by atoms with Crippen LogP contribution in [0.2, 0.25) is 0 Å². The smallest absolute Gasteiger partial charge is 0.243 e. The number of carbonyl (C=O) groups is 1. The molecule has 0 heterocycles. The lowest BCUT2D eigenvalue weighted by atomic mass is 10.1. The highest BCUT2D eigenvalue weighted by atomic mass is 16.3. The molecule has 1 aromatic rings.